The fourth-order valence-electron chi connectivity index (χ4n) is 4.39. The lowest BCUT2D eigenvalue weighted by Crippen LogP contribution is -2.33. The van der Waals surface area contributed by atoms with E-state index < -0.39 is 0 Å². The highest BCUT2D eigenvalue weighted by Crippen LogP contribution is 2.33. The summed E-state index contributed by atoms with van der Waals surface area (Å²) in [4.78, 5) is 17.5. The molecule has 2 saturated heterocycles. The molecule has 0 saturated carbocycles. The van der Waals surface area contributed by atoms with Gasteiger partial charge >= 0.3 is 0 Å². The second-order valence-corrected chi connectivity index (χ2v) is 7.37. The maximum Gasteiger partial charge on any atom is 0.257 e. The molecule has 2 aliphatic heterocycles. The van der Waals surface area contributed by atoms with Crippen molar-refractivity contribution in [2.45, 2.75) is 6.54 Å². The van der Waals surface area contributed by atoms with Crippen molar-refractivity contribution >= 4 is 11.4 Å². The molecule has 132 valence electrons. The van der Waals surface area contributed by atoms with Gasteiger partial charge in [-0.15, -0.1) is 0 Å². The highest BCUT2D eigenvalue weighted by molar-refractivity contribution is 6.00. The van der Waals surface area contributed by atoms with E-state index in [1.165, 1.54) is 10.2 Å². The number of likely N-dealkylation sites (tertiary alicyclic amines) is 2. The van der Waals surface area contributed by atoms with Crippen molar-refractivity contribution in [3.8, 4) is 0 Å². The number of hydrogen-bond donors (Lipinski definition) is 0. The number of hydrogen-bond acceptors (Lipinski definition) is 4. The molecule has 0 unspecified atom stereocenters. The largest absolute Gasteiger partial charge is 0.338 e. The standard InChI is InChI=1S/C20H21N5O/c26-20(18-9-22-25-19(18)7-4-8-21-25)24-13-16-11-23(12-17(16)14-24)10-15-5-2-1-3-6-15/h1-9,16-17H,10-14H2/t16-,17+. The van der Waals surface area contributed by atoms with Gasteiger partial charge in [0, 0.05) is 38.9 Å². The number of benzene rings is 1. The van der Waals surface area contributed by atoms with E-state index in [1.807, 2.05) is 17.0 Å². The average molecular weight is 347 g/mol. The van der Waals surface area contributed by atoms with Gasteiger partial charge in [0.15, 0.2) is 0 Å². The maximum absolute atomic E-state index is 13.0. The first kappa shape index (κ1) is 15.5. The minimum Gasteiger partial charge on any atom is -0.338 e. The van der Waals surface area contributed by atoms with Crippen LogP contribution in [-0.2, 0) is 6.54 Å². The van der Waals surface area contributed by atoms with E-state index in [4.69, 9.17) is 0 Å². The van der Waals surface area contributed by atoms with Gasteiger partial charge < -0.3 is 4.90 Å². The molecule has 2 aliphatic rings. The van der Waals surface area contributed by atoms with Gasteiger partial charge in [-0.1, -0.05) is 30.3 Å². The number of nitrogens with zero attached hydrogens (tertiary/aromatic N) is 5. The van der Waals surface area contributed by atoms with Crippen molar-refractivity contribution in [1.29, 1.82) is 0 Å². The van der Waals surface area contributed by atoms with Gasteiger partial charge in [0.05, 0.1) is 11.8 Å². The van der Waals surface area contributed by atoms with E-state index in [0.29, 0.717) is 17.4 Å². The Morgan fingerprint density at radius 1 is 0.962 bits per heavy atom. The van der Waals surface area contributed by atoms with E-state index >= 15 is 0 Å². The quantitative estimate of drug-likeness (QED) is 0.727. The van der Waals surface area contributed by atoms with Gasteiger partial charge in [0.1, 0.15) is 5.52 Å². The maximum atomic E-state index is 13.0. The van der Waals surface area contributed by atoms with Crippen LogP contribution in [0.5, 0.6) is 0 Å². The van der Waals surface area contributed by atoms with Crippen LogP contribution in [-0.4, -0.2) is 56.7 Å². The molecule has 5 rings (SSSR count). The molecule has 1 aromatic carbocycles. The first-order valence-electron chi connectivity index (χ1n) is 9.12. The third kappa shape index (κ3) is 2.66. The van der Waals surface area contributed by atoms with Gasteiger partial charge in [-0.05, 0) is 29.5 Å². The number of carbonyl (C=O) groups is 1. The molecule has 0 spiro atoms. The molecule has 0 bridgehead atoms. The number of aromatic nitrogens is 3. The lowest BCUT2D eigenvalue weighted by molar-refractivity contribution is 0.0775. The van der Waals surface area contributed by atoms with Crippen molar-refractivity contribution in [3.05, 3.63) is 66.0 Å². The molecule has 6 heteroatoms. The Morgan fingerprint density at radius 2 is 1.73 bits per heavy atom. The minimum absolute atomic E-state index is 0.0806. The Labute approximate surface area is 152 Å². The number of carbonyl (C=O) groups excluding carboxylic acids is 1. The third-order valence-corrected chi connectivity index (χ3v) is 5.63. The first-order valence-corrected chi connectivity index (χ1v) is 9.12. The summed E-state index contributed by atoms with van der Waals surface area (Å²) in [6.07, 6.45) is 3.32. The van der Waals surface area contributed by atoms with E-state index in [-0.39, 0.29) is 5.91 Å². The van der Waals surface area contributed by atoms with Crippen LogP contribution in [0.15, 0.2) is 54.9 Å². The summed E-state index contributed by atoms with van der Waals surface area (Å²) in [6, 6.07) is 14.4. The summed E-state index contributed by atoms with van der Waals surface area (Å²) in [5, 5.41) is 8.34. The molecule has 2 atom stereocenters. The number of rotatable bonds is 3. The van der Waals surface area contributed by atoms with Gasteiger partial charge in [0.2, 0.25) is 0 Å². The van der Waals surface area contributed by atoms with Crippen LogP contribution in [0.4, 0.5) is 0 Å². The molecule has 26 heavy (non-hydrogen) atoms. The lowest BCUT2D eigenvalue weighted by atomic mass is 10.0. The monoisotopic (exact) mass is 347 g/mol. The molecule has 3 aromatic rings. The van der Waals surface area contributed by atoms with Crippen LogP contribution < -0.4 is 0 Å². The second kappa shape index (κ2) is 6.21. The molecule has 0 N–H and O–H groups in total. The second-order valence-electron chi connectivity index (χ2n) is 7.37. The molecule has 2 fully saturated rings. The van der Waals surface area contributed by atoms with Crippen molar-refractivity contribution in [3.63, 3.8) is 0 Å². The zero-order valence-electron chi connectivity index (χ0n) is 14.5. The summed E-state index contributed by atoms with van der Waals surface area (Å²) < 4.78 is 1.52. The topological polar surface area (TPSA) is 53.7 Å². The molecule has 0 aliphatic carbocycles. The fraction of sp³-hybridized carbons (Fsp3) is 0.350. The molecule has 0 radical (unpaired) electrons. The van der Waals surface area contributed by atoms with Crippen LogP contribution in [0.3, 0.4) is 0 Å². The van der Waals surface area contributed by atoms with Crippen LogP contribution in [0, 0.1) is 11.8 Å². The molecule has 6 nitrogen and oxygen atoms in total. The summed E-state index contributed by atoms with van der Waals surface area (Å²) in [7, 11) is 0. The zero-order chi connectivity index (χ0) is 17.5. The predicted octanol–water partition coefficient (Wildman–Crippen LogP) is 1.93. The van der Waals surface area contributed by atoms with Gasteiger partial charge in [0.25, 0.3) is 5.91 Å². The summed E-state index contributed by atoms with van der Waals surface area (Å²) >= 11 is 0. The minimum atomic E-state index is 0.0806. The van der Waals surface area contributed by atoms with Gasteiger partial charge in [-0.25, -0.2) is 0 Å². The summed E-state index contributed by atoms with van der Waals surface area (Å²) in [6.45, 7) is 4.82. The van der Waals surface area contributed by atoms with Crippen molar-refractivity contribution in [2.24, 2.45) is 11.8 Å². The Kier molecular flexibility index (Phi) is 3.71. The first-order chi connectivity index (χ1) is 12.8. The zero-order valence-corrected chi connectivity index (χ0v) is 14.5. The summed E-state index contributed by atoms with van der Waals surface area (Å²) in [5.41, 5.74) is 2.79. The van der Waals surface area contributed by atoms with Crippen LogP contribution in [0.1, 0.15) is 15.9 Å². The van der Waals surface area contributed by atoms with E-state index in [2.05, 4.69) is 45.4 Å². The molecule has 4 heterocycles. The predicted molar refractivity (Wildman–Crippen MR) is 97.6 cm³/mol. The van der Waals surface area contributed by atoms with Gasteiger partial charge in [-0.2, -0.15) is 14.8 Å². The van der Waals surface area contributed by atoms with Crippen molar-refractivity contribution in [1.82, 2.24) is 24.6 Å². The highest BCUT2D eigenvalue weighted by Gasteiger charge is 2.41. The van der Waals surface area contributed by atoms with Crippen LogP contribution in [0.2, 0.25) is 0 Å². The van der Waals surface area contributed by atoms with Gasteiger partial charge in [-0.3, -0.25) is 9.69 Å². The van der Waals surface area contributed by atoms with E-state index in [0.717, 1.165) is 38.2 Å². The molecular weight excluding hydrogens is 326 g/mol. The van der Waals surface area contributed by atoms with Crippen LogP contribution in [0.25, 0.3) is 5.52 Å². The van der Waals surface area contributed by atoms with E-state index in [1.54, 1.807) is 12.4 Å². The Hall–Kier alpha value is -2.73. The Morgan fingerprint density at radius 3 is 2.50 bits per heavy atom. The molecular formula is C20H21N5O. The van der Waals surface area contributed by atoms with Crippen molar-refractivity contribution < 1.29 is 4.79 Å². The highest BCUT2D eigenvalue weighted by atomic mass is 16.2. The average Bonchev–Trinajstić information content (AvgIpc) is 3.34. The fourth-order valence-corrected chi connectivity index (χ4v) is 4.39. The summed E-state index contributed by atoms with van der Waals surface area (Å²) in [5.74, 6) is 1.22. The normalized spacial score (nSPS) is 22.8. The lowest BCUT2D eigenvalue weighted by Gasteiger charge is -2.21. The smallest absolute Gasteiger partial charge is 0.257 e. The molecule has 2 aromatic heterocycles. The number of fused-ring (bicyclic) bond motifs is 2. The molecule has 1 amide bonds. The Bertz CT molecular complexity index is 924. The number of amides is 1. The third-order valence-electron chi connectivity index (χ3n) is 5.63. The SMILES string of the molecule is O=C(c1cnn2ncccc12)N1C[C@H]2CN(Cc3ccccc3)C[C@H]2C1. The van der Waals surface area contributed by atoms with E-state index in [9.17, 15) is 4.79 Å². The van der Waals surface area contributed by atoms with Crippen LogP contribution >= 0.6 is 0 Å². The van der Waals surface area contributed by atoms with Crippen molar-refractivity contribution in [2.75, 3.05) is 26.2 Å². The Balaban J connectivity index is 1.26.